The molecule has 0 saturated heterocycles. The van der Waals surface area contributed by atoms with Crippen LogP contribution in [0.25, 0.3) is 44.3 Å². The van der Waals surface area contributed by atoms with Crippen LogP contribution < -0.4 is 9.64 Å². The van der Waals surface area contributed by atoms with Crippen LogP contribution in [0.15, 0.2) is 48.7 Å². The smallest absolute Gasteiger partial charge is 0.275 e. The Balaban J connectivity index is 1.25. The van der Waals surface area contributed by atoms with E-state index in [1.54, 1.807) is 0 Å². The van der Waals surface area contributed by atoms with Crippen LogP contribution in [-0.4, -0.2) is 58.6 Å². The summed E-state index contributed by atoms with van der Waals surface area (Å²) in [6.07, 6.45) is 3.36. The number of aromatic nitrogens is 8. The van der Waals surface area contributed by atoms with Gasteiger partial charge in [0.2, 0.25) is 0 Å². The number of rotatable bonds is 8. The van der Waals surface area contributed by atoms with Gasteiger partial charge < -0.3 is 18.8 Å². The number of nitrogens with zero attached hydrogens (tertiary/aromatic N) is 8. The summed E-state index contributed by atoms with van der Waals surface area (Å²) in [6.45, 7) is 11.2. The van der Waals surface area contributed by atoms with Crippen molar-refractivity contribution < 1.29 is 9.53 Å². The van der Waals surface area contributed by atoms with Gasteiger partial charge in [0.15, 0.2) is 5.82 Å². The number of anilines is 1. The van der Waals surface area contributed by atoms with E-state index in [0.717, 1.165) is 83.0 Å². The first kappa shape index (κ1) is 34.0. The molecule has 0 aliphatic carbocycles. The molecule has 0 saturated carbocycles. The Morgan fingerprint density at radius 1 is 0.981 bits per heavy atom. The summed E-state index contributed by atoms with van der Waals surface area (Å²) in [5.41, 5.74) is 11.1. The van der Waals surface area contributed by atoms with E-state index >= 15 is 4.79 Å². The molecule has 1 atom stereocenters. The number of tetrazole rings is 1. The molecule has 4 aromatic heterocycles. The van der Waals surface area contributed by atoms with Gasteiger partial charge in [-0.05, 0) is 105 Å². The van der Waals surface area contributed by atoms with E-state index in [1.165, 1.54) is 0 Å². The zero-order valence-corrected chi connectivity index (χ0v) is 31.7. The Morgan fingerprint density at radius 2 is 1.73 bits per heavy atom. The molecule has 266 valence electrons. The van der Waals surface area contributed by atoms with Crippen molar-refractivity contribution in [3.05, 3.63) is 92.5 Å². The van der Waals surface area contributed by atoms with Gasteiger partial charge in [-0.25, -0.2) is 5.10 Å². The van der Waals surface area contributed by atoms with E-state index in [9.17, 15) is 0 Å². The maximum Gasteiger partial charge on any atom is 0.275 e. The van der Waals surface area contributed by atoms with Crippen molar-refractivity contribution in [3.63, 3.8) is 0 Å². The number of aromatic amines is 1. The summed E-state index contributed by atoms with van der Waals surface area (Å²) in [5.74, 6) is 1.32. The predicted molar refractivity (Wildman–Crippen MR) is 206 cm³/mol. The van der Waals surface area contributed by atoms with Crippen molar-refractivity contribution in [1.29, 1.82) is 0 Å². The van der Waals surface area contributed by atoms with E-state index in [1.807, 2.05) is 91.6 Å². The molecule has 0 bridgehead atoms. The maximum absolute atomic E-state index is 15.1. The molecule has 1 unspecified atom stereocenters. The highest BCUT2D eigenvalue weighted by Gasteiger charge is 2.37. The van der Waals surface area contributed by atoms with Crippen molar-refractivity contribution in [2.75, 3.05) is 18.1 Å². The number of nitrogens with one attached hydrogen (secondary N) is 1. The number of amides is 1. The van der Waals surface area contributed by atoms with E-state index < -0.39 is 0 Å². The maximum atomic E-state index is 15.1. The number of carbonyl (C=O) groups is 1. The van der Waals surface area contributed by atoms with Crippen LogP contribution in [0, 0.1) is 27.7 Å². The summed E-state index contributed by atoms with van der Waals surface area (Å²) < 4.78 is 12.4. The molecule has 52 heavy (non-hydrogen) atoms. The predicted octanol–water partition coefficient (Wildman–Crippen LogP) is 8.49. The van der Waals surface area contributed by atoms with E-state index in [-0.39, 0.29) is 11.9 Å². The Bertz CT molecular complexity index is 2520. The van der Waals surface area contributed by atoms with E-state index in [2.05, 4.69) is 45.1 Å². The Morgan fingerprint density at radius 3 is 2.42 bits per heavy atom. The van der Waals surface area contributed by atoms with Crippen LogP contribution in [0.3, 0.4) is 0 Å². The molecule has 0 radical (unpaired) electrons. The van der Waals surface area contributed by atoms with Gasteiger partial charge in [0.05, 0.1) is 34.0 Å². The van der Waals surface area contributed by atoms with Gasteiger partial charge in [0, 0.05) is 71.1 Å². The monoisotopic (exact) mass is 735 g/mol. The van der Waals surface area contributed by atoms with Crippen molar-refractivity contribution in [3.8, 4) is 28.3 Å². The molecule has 7 aromatic rings. The van der Waals surface area contributed by atoms with Crippen molar-refractivity contribution in [2.45, 2.75) is 53.5 Å². The molecule has 0 fully saturated rings. The molecule has 5 heterocycles. The third-order valence-electron chi connectivity index (χ3n) is 10.4. The minimum atomic E-state index is -0.0653. The fraction of sp³-hybridized carbons (Fsp3) is 0.308. The second-order valence-electron chi connectivity index (χ2n) is 13.9. The van der Waals surface area contributed by atoms with E-state index in [4.69, 9.17) is 33.0 Å². The zero-order valence-electron chi connectivity index (χ0n) is 30.2. The van der Waals surface area contributed by atoms with Gasteiger partial charge >= 0.3 is 0 Å². The molecule has 13 heteroatoms. The summed E-state index contributed by atoms with van der Waals surface area (Å²) >= 11 is 13.5. The first-order valence-electron chi connectivity index (χ1n) is 17.3. The molecule has 11 nitrogen and oxygen atoms in total. The molecule has 1 N–H and O–H groups in total. The minimum Gasteiger partial charge on any atom is -0.494 e. The molecule has 8 rings (SSSR count). The quantitative estimate of drug-likeness (QED) is 0.157. The van der Waals surface area contributed by atoms with Crippen LogP contribution in [0.1, 0.15) is 58.0 Å². The summed E-state index contributed by atoms with van der Waals surface area (Å²) in [4.78, 5) is 17.0. The zero-order chi connectivity index (χ0) is 36.6. The lowest BCUT2D eigenvalue weighted by Gasteiger charge is -2.34. The Kier molecular flexibility index (Phi) is 8.38. The van der Waals surface area contributed by atoms with Gasteiger partial charge in [-0.1, -0.05) is 35.3 Å². The number of ether oxygens (including phenoxy) is 1. The fourth-order valence-electron chi connectivity index (χ4n) is 7.94. The van der Waals surface area contributed by atoms with Gasteiger partial charge in [-0.3, -0.25) is 9.48 Å². The average Bonchev–Trinajstić information content (AvgIpc) is 3.89. The Labute approximate surface area is 311 Å². The van der Waals surface area contributed by atoms with Crippen LogP contribution in [-0.2, 0) is 20.5 Å². The first-order valence-corrected chi connectivity index (χ1v) is 18.1. The second-order valence-corrected chi connectivity index (χ2v) is 14.7. The number of carbonyl (C=O) groups excluding carboxylic acids is 1. The van der Waals surface area contributed by atoms with Gasteiger partial charge in [-0.2, -0.15) is 5.10 Å². The molecule has 3 aromatic carbocycles. The number of fused-ring (bicyclic) bond motifs is 4. The summed E-state index contributed by atoms with van der Waals surface area (Å²) in [6, 6.07) is 13.9. The highest BCUT2D eigenvalue weighted by atomic mass is 35.5. The lowest BCUT2D eigenvalue weighted by atomic mass is 9.98. The SMILES string of the molecule is Cc1cc(OCCCc2c3n(c4c(-c5c(C)nn(C)c5C)c(Cl)ccc24)C(C)CN(c2cn(C)c4cc(-c5nnn[nH]5)ccc24)C3=O)cc(C)c1Cl. The number of hydrogen-bond acceptors (Lipinski definition) is 6. The van der Waals surface area contributed by atoms with Gasteiger partial charge in [0.1, 0.15) is 11.4 Å². The highest BCUT2D eigenvalue weighted by Crippen LogP contribution is 2.46. The molecule has 1 amide bonds. The standard InChI is InChI=1S/C39H39Cl2N9O2/c1-20-15-26(16-21(2)35(20)41)52-14-8-9-27-28-12-13-30(40)34(33-23(4)44-48(7)24(33)5)36(28)50-22(3)18-49(39(51)37(27)50)32-19-47(6)31-17-25(10-11-29(31)32)38-42-45-46-43-38/h10-13,15-17,19,22H,8-9,14,18H2,1-7H3,(H,42,43,45,46). The molecular formula is C39H39Cl2N9O2. The average molecular weight is 737 g/mol. The largest absolute Gasteiger partial charge is 0.494 e. The molecule has 1 aliphatic heterocycles. The topological polar surface area (TPSA) is 112 Å². The number of aryl methyl sites for hydroxylation is 6. The first-order chi connectivity index (χ1) is 24.9. The van der Waals surface area contributed by atoms with Crippen LogP contribution in [0.4, 0.5) is 5.69 Å². The molecule has 1 aliphatic rings. The molecule has 0 spiro atoms. The number of hydrogen-bond donors (Lipinski definition) is 1. The number of halogens is 2. The molecular weight excluding hydrogens is 697 g/mol. The van der Waals surface area contributed by atoms with Crippen LogP contribution in [0.5, 0.6) is 5.75 Å². The lowest BCUT2D eigenvalue weighted by Crippen LogP contribution is -2.42. The van der Waals surface area contributed by atoms with Gasteiger partial charge in [0.25, 0.3) is 5.91 Å². The van der Waals surface area contributed by atoms with Crippen LogP contribution >= 0.6 is 23.2 Å². The Hall–Kier alpha value is -5.13. The van der Waals surface area contributed by atoms with E-state index in [0.29, 0.717) is 42.5 Å². The summed E-state index contributed by atoms with van der Waals surface area (Å²) in [7, 11) is 3.94. The normalized spacial score (nSPS) is 14.6. The van der Waals surface area contributed by atoms with Crippen LogP contribution in [0.2, 0.25) is 10.0 Å². The fourth-order valence-corrected chi connectivity index (χ4v) is 8.30. The van der Waals surface area contributed by atoms with Gasteiger partial charge in [-0.15, -0.1) is 5.10 Å². The third-order valence-corrected chi connectivity index (χ3v) is 11.4. The van der Waals surface area contributed by atoms with Crippen molar-refractivity contribution >= 4 is 56.6 Å². The third kappa shape index (κ3) is 5.37. The lowest BCUT2D eigenvalue weighted by molar-refractivity contribution is 0.0957. The number of benzene rings is 3. The highest BCUT2D eigenvalue weighted by molar-refractivity contribution is 6.35. The minimum absolute atomic E-state index is 0.0492. The van der Waals surface area contributed by atoms with Crippen molar-refractivity contribution in [2.24, 2.45) is 14.1 Å². The van der Waals surface area contributed by atoms with Crippen molar-refractivity contribution in [1.82, 2.24) is 39.5 Å². The second kappa shape index (κ2) is 12.8. The number of H-pyrrole nitrogens is 1. The summed E-state index contributed by atoms with van der Waals surface area (Å²) in [5, 5.41) is 22.5.